The van der Waals surface area contributed by atoms with Gasteiger partial charge in [-0.25, -0.2) is 4.98 Å². The van der Waals surface area contributed by atoms with Crippen LogP contribution in [0.2, 0.25) is 0 Å². The van der Waals surface area contributed by atoms with Crippen LogP contribution in [0.3, 0.4) is 0 Å². The van der Waals surface area contributed by atoms with Gasteiger partial charge in [0.25, 0.3) is 0 Å². The van der Waals surface area contributed by atoms with Gasteiger partial charge >= 0.3 is 0 Å². The van der Waals surface area contributed by atoms with E-state index in [9.17, 15) is 0 Å². The summed E-state index contributed by atoms with van der Waals surface area (Å²) in [5, 5.41) is 0. The monoisotopic (exact) mass is 238 g/mol. The summed E-state index contributed by atoms with van der Waals surface area (Å²) in [6, 6.07) is 11.6. The van der Waals surface area contributed by atoms with Gasteiger partial charge in [-0.05, 0) is 49.2 Å². The summed E-state index contributed by atoms with van der Waals surface area (Å²) in [6.07, 6.45) is 0. The fourth-order valence-electron chi connectivity index (χ4n) is 2.02. The molecule has 3 heteroatoms. The van der Waals surface area contributed by atoms with E-state index in [1.165, 1.54) is 5.56 Å². The van der Waals surface area contributed by atoms with Gasteiger partial charge in [-0.2, -0.15) is 0 Å². The van der Waals surface area contributed by atoms with Crippen LogP contribution in [0.1, 0.15) is 11.1 Å². The lowest BCUT2D eigenvalue weighted by Gasteiger charge is -1.98. The van der Waals surface area contributed by atoms with Crippen molar-refractivity contribution in [2.24, 2.45) is 0 Å². The molecule has 0 spiro atoms. The van der Waals surface area contributed by atoms with E-state index in [4.69, 9.17) is 10.2 Å². The molecule has 1 aromatic heterocycles. The second-order valence-electron chi connectivity index (χ2n) is 4.50. The molecule has 0 saturated heterocycles. The molecule has 2 aromatic carbocycles. The van der Waals surface area contributed by atoms with Crippen LogP contribution >= 0.6 is 0 Å². The molecule has 3 aromatic rings. The first kappa shape index (κ1) is 10.8. The second-order valence-corrected chi connectivity index (χ2v) is 4.50. The van der Waals surface area contributed by atoms with Gasteiger partial charge in [0.15, 0.2) is 5.58 Å². The van der Waals surface area contributed by atoms with Crippen LogP contribution < -0.4 is 5.73 Å². The van der Waals surface area contributed by atoms with Crippen LogP contribution in [0.15, 0.2) is 40.8 Å². The molecule has 90 valence electrons. The van der Waals surface area contributed by atoms with E-state index in [2.05, 4.69) is 18.0 Å². The van der Waals surface area contributed by atoms with Crippen LogP contribution in [0.25, 0.3) is 22.6 Å². The second kappa shape index (κ2) is 3.88. The average molecular weight is 238 g/mol. The lowest BCUT2D eigenvalue weighted by atomic mass is 10.1. The number of aryl methyl sites for hydroxylation is 2. The fourth-order valence-corrected chi connectivity index (χ4v) is 2.02. The smallest absolute Gasteiger partial charge is 0.227 e. The predicted molar refractivity (Wildman–Crippen MR) is 73.3 cm³/mol. The number of anilines is 1. The van der Waals surface area contributed by atoms with Gasteiger partial charge in [0.2, 0.25) is 5.89 Å². The van der Waals surface area contributed by atoms with Crippen molar-refractivity contribution in [3.05, 3.63) is 47.5 Å². The van der Waals surface area contributed by atoms with E-state index in [1.807, 2.05) is 37.3 Å². The van der Waals surface area contributed by atoms with Gasteiger partial charge in [-0.15, -0.1) is 0 Å². The number of nitrogens with zero attached hydrogens (tertiary/aromatic N) is 1. The molecule has 0 aliphatic rings. The minimum Gasteiger partial charge on any atom is -0.436 e. The largest absolute Gasteiger partial charge is 0.436 e. The van der Waals surface area contributed by atoms with Crippen LogP contribution in [0.4, 0.5) is 5.69 Å². The SMILES string of the molecule is Cc1ccc2nc(-c3cccc(N)c3)oc2c1C. The zero-order valence-corrected chi connectivity index (χ0v) is 10.4. The van der Waals surface area contributed by atoms with E-state index in [0.29, 0.717) is 11.6 Å². The Morgan fingerprint density at radius 1 is 1.11 bits per heavy atom. The van der Waals surface area contributed by atoms with Crippen molar-refractivity contribution in [1.29, 1.82) is 0 Å². The highest BCUT2D eigenvalue weighted by atomic mass is 16.3. The zero-order chi connectivity index (χ0) is 12.7. The highest BCUT2D eigenvalue weighted by molar-refractivity contribution is 5.80. The highest BCUT2D eigenvalue weighted by Crippen LogP contribution is 2.28. The molecule has 0 unspecified atom stereocenters. The van der Waals surface area contributed by atoms with Crippen molar-refractivity contribution in [3.8, 4) is 11.5 Å². The molecule has 0 aliphatic heterocycles. The van der Waals surface area contributed by atoms with Crippen molar-refractivity contribution < 1.29 is 4.42 Å². The molecule has 0 bridgehead atoms. The fraction of sp³-hybridized carbons (Fsp3) is 0.133. The number of fused-ring (bicyclic) bond motifs is 1. The number of benzene rings is 2. The van der Waals surface area contributed by atoms with E-state index in [0.717, 1.165) is 22.2 Å². The molecule has 3 nitrogen and oxygen atoms in total. The van der Waals surface area contributed by atoms with Gasteiger partial charge in [0.05, 0.1) is 0 Å². The Bertz CT molecular complexity index is 728. The molecule has 3 rings (SSSR count). The van der Waals surface area contributed by atoms with Crippen LogP contribution in [-0.4, -0.2) is 4.98 Å². The minimum atomic E-state index is 0.617. The van der Waals surface area contributed by atoms with Crippen molar-refractivity contribution in [3.63, 3.8) is 0 Å². The number of nitrogens with two attached hydrogens (primary N) is 1. The molecule has 0 fully saturated rings. The first-order valence-electron chi connectivity index (χ1n) is 5.88. The Hall–Kier alpha value is -2.29. The summed E-state index contributed by atoms with van der Waals surface area (Å²) in [4.78, 5) is 4.50. The minimum absolute atomic E-state index is 0.617. The lowest BCUT2D eigenvalue weighted by Crippen LogP contribution is -1.84. The quantitative estimate of drug-likeness (QED) is 0.658. The Labute approximate surface area is 105 Å². The van der Waals surface area contributed by atoms with E-state index < -0.39 is 0 Å². The molecular weight excluding hydrogens is 224 g/mol. The number of aromatic nitrogens is 1. The summed E-state index contributed by atoms with van der Waals surface area (Å²) in [6.45, 7) is 4.11. The summed E-state index contributed by atoms with van der Waals surface area (Å²) in [7, 11) is 0. The van der Waals surface area contributed by atoms with Gasteiger partial charge in [0, 0.05) is 11.3 Å². The zero-order valence-electron chi connectivity index (χ0n) is 10.4. The lowest BCUT2D eigenvalue weighted by molar-refractivity contribution is 0.617. The molecule has 2 N–H and O–H groups in total. The van der Waals surface area contributed by atoms with E-state index in [-0.39, 0.29) is 0 Å². The summed E-state index contributed by atoms with van der Waals surface area (Å²) < 4.78 is 5.85. The van der Waals surface area contributed by atoms with Crippen molar-refractivity contribution in [2.45, 2.75) is 13.8 Å². The molecule has 0 saturated carbocycles. The Kier molecular flexibility index (Phi) is 2.33. The maximum Gasteiger partial charge on any atom is 0.227 e. The topological polar surface area (TPSA) is 52.0 Å². The third-order valence-electron chi connectivity index (χ3n) is 3.21. The predicted octanol–water partition coefficient (Wildman–Crippen LogP) is 3.69. The van der Waals surface area contributed by atoms with Crippen molar-refractivity contribution >= 4 is 16.8 Å². The van der Waals surface area contributed by atoms with Gasteiger partial charge in [-0.1, -0.05) is 12.1 Å². The van der Waals surface area contributed by atoms with Crippen molar-refractivity contribution in [2.75, 3.05) is 5.73 Å². The molecule has 0 aliphatic carbocycles. The Morgan fingerprint density at radius 2 is 1.94 bits per heavy atom. The normalized spacial score (nSPS) is 11.0. The van der Waals surface area contributed by atoms with Crippen molar-refractivity contribution in [1.82, 2.24) is 4.98 Å². The number of hydrogen-bond acceptors (Lipinski definition) is 3. The Morgan fingerprint density at radius 3 is 2.72 bits per heavy atom. The molecular formula is C15H14N2O. The van der Waals surface area contributed by atoms with Crippen LogP contribution in [-0.2, 0) is 0 Å². The standard InChI is InChI=1S/C15H14N2O/c1-9-6-7-13-14(10(9)2)18-15(17-13)11-4-3-5-12(16)8-11/h3-8H,16H2,1-2H3. The average Bonchev–Trinajstić information content (AvgIpc) is 2.79. The van der Waals surface area contributed by atoms with E-state index >= 15 is 0 Å². The number of hydrogen-bond donors (Lipinski definition) is 1. The molecule has 0 amide bonds. The first-order valence-corrected chi connectivity index (χ1v) is 5.88. The highest BCUT2D eigenvalue weighted by Gasteiger charge is 2.11. The third-order valence-corrected chi connectivity index (χ3v) is 3.21. The molecule has 1 heterocycles. The molecule has 0 atom stereocenters. The maximum atomic E-state index is 5.85. The number of rotatable bonds is 1. The molecule has 18 heavy (non-hydrogen) atoms. The summed E-state index contributed by atoms with van der Waals surface area (Å²) in [5.41, 5.74) is 11.5. The number of oxazole rings is 1. The van der Waals surface area contributed by atoms with Gasteiger partial charge in [-0.3, -0.25) is 0 Å². The summed E-state index contributed by atoms with van der Waals surface area (Å²) in [5.74, 6) is 0.617. The Balaban J connectivity index is 2.23. The van der Waals surface area contributed by atoms with Crippen LogP contribution in [0.5, 0.6) is 0 Å². The first-order chi connectivity index (χ1) is 8.65. The van der Waals surface area contributed by atoms with E-state index in [1.54, 1.807) is 0 Å². The van der Waals surface area contributed by atoms with Crippen LogP contribution in [0, 0.1) is 13.8 Å². The summed E-state index contributed by atoms with van der Waals surface area (Å²) >= 11 is 0. The number of nitrogen functional groups attached to an aromatic ring is 1. The maximum absolute atomic E-state index is 5.85. The van der Waals surface area contributed by atoms with Gasteiger partial charge in [0.1, 0.15) is 5.52 Å². The third kappa shape index (κ3) is 1.64. The molecule has 0 radical (unpaired) electrons. The van der Waals surface area contributed by atoms with Gasteiger partial charge < -0.3 is 10.2 Å².